The molecule has 0 bridgehead atoms. The second-order valence-electron chi connectivity index (χ2n) is 5.60. The summed E-state index contributed by atoms with van der Waals surface area (Å²) in [5.41, 5.74) is 1.39. The normalized spacial score (nSPS) is 14.7. The second-order valence-corrected chi connectivity index (χ2v) is 7.96. The van der Waals surface area contributed by atoms with E-state index in [1.807, 2.05) is 0 Å². The first kappa shape index (κ1) is 20.2. The van der Waals surface area contributed by atoms with Gasteiger partial charge in [0, 0.05) is 0 Å². The van der Waals surface area contributed by atoms with Gasteiger partial charge in [0.2, 0.25) is 15.7 Å². The van der Waals surface area contributed by atoms with Gasteiger partial charge in [-0.2, -0.15) is 13.2 Å². The molecule has 1 unspecified atom stereocenters. The zero-order valence-corrected chi connectivity index (χ0v) is 14.8. The third-order valence-corrected chi connectivity index (χ3v) is 5.88. The fourth-order valence-electron chi connectivity index (χ4n) is 2.12. The SMILES string of the molecule is CC(O)(c1ccc(S(=O)(=O)c2ccc(C(N)=O)c(Cl)c2)cc1)C(F)(F)F. The molecule has 0 saturated carbocycles. The lowest BCUT2D eigenvalue weighted by Crippen LogP contribution is -2.39. The molecule has 3 N–H and O–H groups in total. The largest absolute Gasteiger partial charge is 0.421 e. The molecule has 0 spiro atoms. The standard InChI is InChI=1S/C16H13ClF3NO4S/c1-15(23,16(18,19)20)9-2-4-10(5-3-9)26(24,25)11-6-7-12(14(21)22)13(17)8-11/h2-8,23H,1H3,(H2,21,22). The number of amides is 1. The molecule has 0 heterocycles. The highest BCUT2D eigenvalue weighted by atomic mass is 35.5. The van der Waals surface area contributed by atoms with Gasteiger partial charge >= 0.3 is 6.18 Å². The van der Waals surface area contributed by atoms with Crippen LogP contribution in [0.3, 0.4) is 0 Å². The highest BCUT2D eigenvalue weighted by Gasteiger charge is 2.51. The number of carbonyl (C=O) groups excluding carboxylic acids is 1. The zero-order chi connectivity index (χ0) is 19.9. The minimum absolute atomic E-state index is 0.0674. The van der Waals surface area contributed by atoms with Crippen molar-refractivity contribution in [3.8, 4) is 0 Å². The van der Waals surface area contributed by atoms with E-state index in [9.17, 15) is 31.5 Å². The Morgan fingerprint density at radius 3 is 2.00 bits per heavy atom. The lowest BCUT2D eigenvalue weighted by atomic mass is 9.96. The number of aliphatic hydroxyl groups is 1. The van der Waals surface area contributed by atoms with E-state index in [0.717, 1.165) is 42.5 Å². The van der Waals surface area contributed by atoms with E-state index in [0.29, 0.717) is 6.92 Å². The maximum atomic E-state index is 12.8. The van der Waals surface area contributed by atoms with Crippen molar-refractivity contribution >= 4 is 27.3 Å². The molecule has 0 aliphatic heterocycles. The van der Waals surface area contributed by atoms with Crippen LogP contribution in [0.5, 0.6) is 0 Å². The fraction of sp³-hybridized carbons (Fsp3) is 0.188. The summed E-state index contributed by atoms with van der Waals surface area (Å²) in [5, 5.41) is 9.45. The van der Waals surface area contributed by atoms with Crippen LogP contribution in [0, 0.1) is 0 Å². The van der Waals surface area contributed by atoms with Gasteiger partial charge in [-0.05, 0) is 42.8 Å². The van der Waals surface area contributed by atoms with E-state index in [2.05, 4.69) is 0 Å². The Balaban J connectivity index is 2.45. The summed E-state index contributed by atoms with van der Waals surface area (Å²) >= 11 is 5.83. The van der Waals surface area contributed by atoms with Gasteiger partial charge in [0.25, 0.3) is 0 Å². The Morgan fingerprint density at radius 1 is 1.08 bits per heavy atom. The summed E-state index contributed by atoms with van der Waals surface area (Å²) < 4.78 is 63.7. The van der Waals surface area contributed by atoms with Crippen molar-refractivity contribution in [2.45, 2.75) is 28.5 Å². The Bertz CT molecular complexity index is 954. The van der Waals surface area contributed by atoms with Crippen molar-refractivity contribution in [1.29, 1.82) is 0 Å². The number of alkyl halides is 3. The van der Waals surface area contributed by atoms with E-state index in [1.165, 1.54) is 0 Å². The average Bonchev–Trinajstić information content (AvgIpc) is 2.53. The lowest BCUT2D eigenvalue weighted by molar-refractivity contribution is -0.258. The minimum atomic E-state index is -4.93. The predicted octanol–water partition coefficient (Wildman–Crippen LogP) is 3.04. The fourth-order valence-corrected chi connectivity index (χ4v) is 3.75. The summed E-state index contributed by atoms with van der Waals surface area (Å²) in [5.74, 6) is -0.835. The van der Waals surface area contributed by atoms with E-state index < -0.39 is 33.1 Å². The van der Waals surface area contributed by atoms with Crippen LogP contribution in [0.1, 0.15) is 22.8 Å². The number of halogens is 4. The number of carbonyl (C=O) groups is 1. The van der Waals surface area contributed by atoms with E-state index in [1.54, 1.807) is 0 Å². The Labute approximate surface area is 152 Å². The minimum Gasteiger partial charge on any atom is -0.376 e. The zero-order valence-electron chi connectivity index (χ0n) is 13.2. The molecule has 0 saturated heterocycles. The highest BCUT2D eigenvalue weighted by Crippen LogP contribution is 2.39. The summed E-state index contributed by atoms with van der Waals surface area (Å²) in [7, 11) is -4.10. The van der Waals surface area contributed by atoms with Gasteiger partial charge in [-0.3, -0.25) is 4.79 Å². The molecule has 0 aliphatic rings. The van der Waals surface area contributed by atoms with Gasteiger partial charge in [-0.15, -0.1) is 0 Å². The maximum Gasteiger partial charge on any atom is 0.421 e. The number of primary amides is 1. The smallest absolute Gasteiger partial charge is 0.376 e. The summed E-state index contributed by atoms with van der Waals surface area (Å²) in [6.07, 6.45) is -4.93. The van der Waals surface area contributed by atoms with Crippen LogP contribution in [0.15, 0.2) is 52.3 Å². The molecule has 2 rings (SSSR count). The molecule has 0 aromatic heterocycles. The topological polar surface area (TPSA) is 97.5 Å². The van der Waals surface area contributed by atoms with Crippen LogP contribution in [-0.4, -0.2) is 25.6 Å². The van der Waals surface area contributed by atoms with Gasteiger partial charge in [0.05, 0.1) is 20.4 Å². The van der Waals surface area contributed by atoms with Crippen molar-refractivity contribution in [3.05, 3.63) is 58.6 Å². The van der Waals surface area contributed by atoms with Crippen molar-refractivity contribution in [2.75, 3.05) is 0 Å². The monoisotopic (exact) mass is 407 g/mol. The highest BCUT2D eigenvalue weighted by molar-refractivity contribution is 7.91. The molecule has 26 heavy (non-hydrogen) atoms. The third kappa shape index (κ3) is 3.55. The average molecular weight is 408 g/mol. The molecular weight excluding hydrogens is 395 g/mol. The Hall–Kier alpha value is -2.10. The molecule has 5 nitrogen and oxygen atoms in total. The van der Waals surface area contributed by atoms with Gasteiger partial charge in [-0.25, -0.2) is 8.42 Å². The van der Waals surface area contributed by atoms with Gasteiger partial charge < -0.3 is 10.8 Å². The Kier molecular flexibility index (Phi) is 5.10. The van der Waals surface area contributed by atoms with Crippen LogP contribution >= 0.6 is 11.6 Å². The molecule has 0 fully saturated rings. The van der Waals surface area contributed by atoms with Gasteiger partial charge in [0.1, 0.15) is 0 Å². The second kappa shape index (κ2) is 6.57. The Morgan fingerprint density at radius 2 is 1.58 bits per heavy atom. The first-order valence-electron chi connectivity index (χ1n) is 7.02. The molecule has 2 aromatic carbocycles. The van der Waals surface area contributed by atoms with Crippen LogP contribution in [-0.2, 0) is 15.4 Å². The van der Waals surface area contributed by atoms with Gasteiger partial charge in [-0.1, -0.05) is 23.7 Å². The van der Waals surface area contributed by atoms with Gasteiger partial charge in [0.15, 0.2) is 5.60 Å². The van der Waals surface area contributed by atoms with Crippen LogP contribution in [0.4, 0.5) is 13.2 Å². The van der Waals surface area contributed by atoms with Crippen LogP contribution in [0.2, 0.25) is 5.02 Å². The van der Waals surface area contributed by atoms with Crippen molar-refractivity contribution < 1.29 is 31.5 Å². The van der Waals surface area contributed by atoms with Crippen molar-refractivity contribution in [2.24, 2.45) is 5.73 Å². The summed E-state index contributed by atoms with van der Waals surface area (Å²) in [4.78, 5) is 10.6. The number of nitrogens with two attached hydrogens (primary N) is 1. The maximum absolute atomic E-state index is 12.8. The first-order chi connectivity index (χ1) is 11.8. The van der Waals surface area contributed by atoms with Crippen molar-refractivity contribution in [3.63, 3.8) is 0 Å². The molecule has 1 atom stereocenters. The predicted molar refractivity (Wildman–Crippen MR) is 87.5 cm³/mol. The van der Waals surface area contributed by atoms with Crippen molar-refractivity contribution in [1.82, 2.24) is 0 Å². The number of hydrogen-bond acceptors (Lipinski definition) is 4. The molecule has 1 amide bonds. The third-order valence-electron chi connectivity index (χ3n) is 3.80. The molecule has 140 valence electrons. The van der Waals surface area contributed by atoms with E-state index in [4.69, 9.17) is 17.3 Å². The molecule has 0 aliphatic carbocycles. The number of hydrogen-bond donors (Lipinski definition) is 2. The number of sulfone groups is 1. The molecule has 10 heteroatoms. The van der Waals surface area contributed by atoms with Crippen LogP contribution in [0.25, 0.3) is 0 Å². The van der Waals surface area contributed by atoms with Crippen LogP contribution < -0.4 is 5.73 Å². The van der Waals surface area contributed by atoms with E-state index >= 15 is 0 Å². The molecule has 2 aromatic rings. The molecular formula is C16H13ClF3NO4S. The lowest BCUT2D eigenvalue weighted by Gasteiger charge is -2.26. The number of benzene rings is 2. The number of rotatable bonds is 4. The van der Waals surface area contributed by atoms with E-state index in [-0.39, 0.29) is 20.4 Å². The first-order valence-corrected chi connectivity index (χ1v) is 8.88. The summed E-state index contributed by atoms with van der Waals surface area (Å²) in [6, 6.07) is 6.92. The summed E-state index contributed by atoms with van der Waals surface area (Å²) in [6.45, 7) is 0.568. The molecule has 0 radical (unpaired) electrons. The quantitative estimate of drug-likeness (QED) is 0.814.